The zero-order chi connectivity index (χ0) is 30.0. The molecular weight excluding hydrogens is 568 g/mol. The SMILES string of the molecule is Cc1c(-c2ccc(N3CCOCC3)nc2)nc2cc(F)cc(F)c2c1Nc1cc(N2CCOCC2)cnc1N1CCOCC1. The fourth-order valence-corrected chi connectivity index (χ4v) is 6.04. The van der Waals surface area contributed by atoms with Crippen LogP contribution in [0.5, 0.6) is 0 Å². The number of fused-ring (bicyclic) bond motifs is 1. The van der Waals surface area contributed by atoms with E-state index >= 15 is 4.39 Å². The first-order valence-electron chi connectivity index (χ1n) is 15.1. The summed E-state index contributed by atoms with van der Waals surface area (Å²) >= 11 is 0. The molecule has 0 atom stereocenters. The van der Waals surface area contributed by atoms with Crippen LogP contribution in [0.4, 0.5) is 37.5 Å². The molecule has 0 spiro atoms. The molecule has 0 amide bonds. The second-order valence-corrected chi connectivity index (χ2v) is 11.1. The molecule has 3 saturated heterocycles. The minimum Gasteiger partial charge on any atom is -0.378 e. The van der Waals surface area contributed by atoms with Crippen molar-refractivity contribution in [3.8, 4) is 11.3 Å². The van der Waals surface area contributed by atoms with Crippen molar-refractivity contribution >= 4 is 39.6 Å². The number of hydrogen-bond donors (Lipinski definition) is 1. The van der Waals surface area contributed by atoms with Gasteiger partial charge in [0.1, 0.15) is 17.5 Å². The number of pyridine rings is 3. The summed E-state index contributed by atoms with van der Waals surface area (Å²) < 4.78 is 46.8. The van der Waals surface area contributed by atoms with Crippen LogP contribution in [0.2, 0.25) is 0 Å². The van der Waals surface area contributed by atoms with E-state index in [1.165, 1.54) is 6.07 Å². The molecule has 1 aromatic carbocycles. The Hall–Kier alpha value is -4.13. The van der Waals surface area contributed by atoms with Crippen molar-refractivity contribution < 1.29 is 23.0 Å². The Morgan fingerprint density at radius 3 is 2.07 bits per heavy atom. The second kappa shape index (κ2) is 12.5. The summed E-state index contributed by atoms with van der Waals surface area (Å²) in [5, 5.41) is 3.76. The van der Waals surface area contributed by atoms with E-state index in [1.807, 2.05) is 25.3 Å². The number of halogens is 2. The molecule has 12 heteroatoms. The average molecular weight is 604 g/mol. The van der Waals surface area contributed by atoms with Gasteiger partial charge in [0.25, 0.3) is 0 Å². The van der Waals surface area contributed by atoms with Crippen LogP contribution in [0.3, 0.4) is 0 Å². The Labute approximate surface area is 254 Å². The molecule has 7 rings (SSSR count). The Bertz CT molecular complexity index is 1640. The molecule has 6 heterocycles. The maximum absolute atomic E-state index is 15.6. The largest absolute Gasteiger partial charge is 0.378 e. The zero-order valence-electron chi connectivity index (χ0n) is 24.7. The van der Waals surface area contributed by atoms with Crippen LogP contribution in [-0.2, 0) is 14.2 Å². The highest BCUT2D eigenvalue weighted by Crippen LogP contribution is 2.40. The van der Waals surface area contributed by atoms with Gasteiger partial charge in [-0.05, 0) is 30.7 Å². The molecule has 10 nitrogen and oxygen atoms in total. The van der Waals surface area contributed by atoms with Crippen molar-refractivity contribution in [2.45, 2.75) is 6.92 Å². The first-order chi connectivity index (χ1) is 21.5. The quantitative estimate of drug-likeness (QED) is 0.339. The molecule has 230 valence electrons. The van der Waals surface area contributed by atoms with E-state index in [4.69, 9.17) is 29.2 Å². The van der Waals surface area contributed by atoms with Crippen LogP contribution < -0.4 is 20.0 Å². The van der Waals surface area contributed by atoms with Gasteiger partial charge in [0, 0.05) is 63.2 Å². The lowest BCUT2D eigenvalue weighted by molar-refractivity contribution is 0.122. The van der Waals surface area contributed by atoms with Gasteiger partial charge >= 0.3 is 0 Å². The van der Waals surface area contributed by atoms with E-state index in [-0.39, 0.29) is 10.9 Å². The summed E-state index contributed by atoms with van der Waals surface area (Å²) in [5.74, 6) is 0.229. The highest BCUT2D eigenvalue weighted by molar-refractivity contribution is 5.99. The lowest BCUT2D eigenvalue weighted by Crippen LogP contribution is -2.38. The Kier molecular flexibility index (Phi) is 8.11. The summed E-state index contributed by atoms with van der Waals surface area (Å²) in [6.45, 7) is 10.1. The number of anilines is 5. The van der Waals surface area contributed by atoms with Gasteiger partial charge in [-0.2, -0.15) is 0 Å². The summed E-state index contributed by atoms with van der Waals surface area (Å²) in [6, 6.07) is 8.13. The highest BCUT2D eigenvalue weighted by atomic mass is 19.1. The molecule has 0 radical (unpaired) electrons. The fourth-order valence-electron chi connectivity index (χ4n) is 6.04. The topological polar surface area (TPSA) is 88.1 Å². The van der Waals surface area contributed by atoms with Crippen LogP contribution in [0.25, 0.3) is 22.2 Å². The Morgan fingerprint density at radius 2 is 1.41 bits per heavy atom. The van der Waals surface area contributed by atoms with Crippen LogP contribution in [-0.4, -0.2) is 93.9 Å². The third kappa shape index (κ3) is 5.72. The van der Waals surface area contributed by atoms with E-state index in [1.54, 1.807) is 6.20 Å². The van der Waals surface area contributed by atoms with E-state index in [9.17, 15) is 4.39 Å². The van der Waals surface area contributed by atoms with Crippen molar-refractivity contribution in [1.29, 1.82) is 0 Å². The lowest BCUT2D eigenvalue weighted by Gasteiger charge is -2.32. The fraction of sp³-hybridized carbons (Fsp3) is 0.406. The van der Waals surface area contributed by atoms with Gasteiger partial charge in [-0.25, -0.2) is 23.7 Å². The smallest absolute Gasteiger partial charge is 0.152 e. The number of hydrogen-bond acceptors (Lipinski definition) is 10. The molecule has 3 aromatic heterocycles. The molecule has 3 aliphatic heterocycles. The van der Waals surface area contributed by atoms with Gasteiger partial charge < -0.3 is 34.2 Å². The number of ether oxygens (including phenoxy) is 3. The van der Waals surface area contributed by atoms with Gasteiger partial charge in [-0.3, -0.25) is 0 Å². The van der Waals surface area contributed by atoms with Gasteiger partial charge in [0.05, 0.1) is 79.5 Å². The van der Waals surface area contributed by atoms with Crippen LogP contribution in [0.15, 0.2) is 42.7 Å². The normalized spacial score (nSPS) is 17.8. The standard InChI is InChI=1S/C32H35F2N7O3/c1-21-30(22-2-3-28(35-19-22)40-6-12-43-13-7-40)37-26-17-23(33)16-25(34)29(26)31(21)38-27-18-24(39-4-10-42-11-5-39)20-36-32(27)41-8-14-44-15-9-41/h2-3,16-20H,4-15H2,1H3,(H,37,38). The predicted molar refractivity (Wildman–Crippen MR) is 166 cm³/mol. The highest BCUT2D eigenvalue weighted by Gasteiger charge is 2.23. The predicted octanol–water partition coefficient (Wildman–Crippen LogP) is 4.53. The van der Waals surface area contributed by atoms with Crippen molar-refractivity contribution in [2.75, 3.05) is 98.9 Å². The van der Waals surface area contributed by atoms with E-state index < -0.39 is 11.6 Å². The van der Waals surface area contributed by atoms with Crippen LogP contribution in [0.1, 0.15) is 5.56 Å². The summed E-state index contributed by atoms with van der Waals surface area (Å²) in [5.41, 5.74) is 4.45. The van der Waals surface area contributed by atoms with Gasteiger partial charge in [-0.1, -0.05) is 0 Å². The molecule has 3 aliphatic rings. The monoisotopic (exact) mass is 603 g/mol. The van der Waals surface area contributed by atoms with Gasteiger partial charge in [0.2, 0.25) is 0 Å². The van der Waals surface area contributed by atoms with Crippen molar-refractivity contribution in [3.05, 3.63) is 59.9 Å². The maximum atomic E-state index is 15.6. The van der Waals surface area contributed by atoms with Gasteiger partial charge in [0.15, 0.2) is 5.82 Å². The van der Waals surface area contributed by atoms with Crippen molar-refractivity contribution in [1.82, 2.24) is 15.0 Å². The van der Waals surface area contributed by atoms with Gasteiger partial charge in [-0.15, -0.1) is 0 Å². The number of morpholine rings is 3. The molecule has 0 unspecified atom stereocenters. The first kappa shape index (κ1) is 28.6. The summed E-state index contributed by atoms with van der Waals surface area (Å²) in [6.07, 6.45) is 3.65. The Balaban J connectivity index is 1.33. The number of rotatable bonds is 6. The molecule has 44 heavy (non-hydrogen) atoms. The van der Waals surface area contributed by atoms with Crippen molar-refractivity contribution in [3.63, 3.8) is 0 Å². The zero-order valence-corrected chi connectivity index (χ0v) is 24.7. The number of benzene rings is 1. The lowest BCUT2D eigenvalue weighted by atomic mass is 10.0. The first-order valence-corrected chi connectivity index (χ1v) is 15.1. The van der Waals surface area contributed by atoms with E-state index in [2.05, 4.69) is 26.1 Å². The molecule has 4 aromatic rings. The number of nitrogens with zero attached hydrogens (tertiary/aromatic N) is 6. The molecular formula is C32H35F2N7O3. The van der Waals surface area contributed by atoms with E-state index in [0.717, 1.165) is 60.8 Å². The van der Waals surface area contributed by atoms with Crippen LogP contribution in [0, 0.1) is 18.6 Å². The summed E-state index contributed by atoms with van der Waals surface area (Å²) in [7, 11) is 0. The number of aromatic nitrogens is 3. The average Bonchev–Trinajstić information content (AvgIpc) is 3.07. The van der Waals surface area contributed by atoms with Crippen molar-refractivity contribution in [2.24, 2.45) is 0 Å². The molecule has 0 saturated carbocycles. The molecule has 0 aliphatic carbocycles. The minimum absolute atomic E-state index is 0.216. The minimum atomic E-state index is -0.686. The molecule has 3 fully saturated rings. The third-order valence-electron chi connectivity index (χ3n) is 8.40. The Morgan fingerprint density at radius 1 is 0.750 bits per heavy atom. The van der Waals surface area contributed by atoms with E-state index in [0.29, 0.717) is 69.7 Å². The second-order valence-electron chi connectivity index (χ2n) is 11.1. The third-order valence-corrected chi connectivity index (χ3v) is 8.40. The van der Waals surface area contributed by atoms with Crippen LogP contribution >= 0.6 is 0 Å². The molecule has 0 bridgehead atoms. The summed E-state index contributed by atoms with van der Waals surface area (Å²) in [4.78, 5) is 20.9. The maximum Gasteiger partial charge on any atom is 0.152 e. The number of nitrogens with one attached hydrogen (secondary N) is 1. The molecule has 1 N–H and O–H groups in total.